The second-order valence-corrected chi connectivity index (χ2v) is 8.80. The molecule has 6 rings (SSSR count). The third-order valence-corrected chi connectivity index (χ3v) is 5.53. The van der Waals surface area contributed by atoms with Gasteiger partial charge in [-0.2, -0.15) is 0 Å². The second-order valence-electron chi connectivity index (χ2n) is 8.80. The number of pyridine rings is 6. The summed E-state index contributed by atoms with van der Waals surface area (Å²) in [5.74, 6) is 0. The normalized spacial score (nSPS) is 9.68. The number of nitrogens with zero attached hydrogens (tertiary/aromatic N) is 6. The summed E-state index contributed by atoms with van der Waals surface area (Å²) >= 11 is 0. The number of aryl methyl sites for hydroxylation is 3. The van der Waals surface area contributed by atoms with Crippen molar-refractivity contribution in [2.75, 3.05) is 0 Å². The van der Waals surface area contributed by atoms with E-state index in [9.17, 15) is 0 Å². The first kappa shape index (κ1) is 30.0. The van der Waals surface area contributed by atoms with Crippen molar-refractivity contribution in [3.05, 3.63) is 145 Å². The Hall–Kier alpha value is -4.58. The van der Waals surface area contributed by atoms with Gasteiger partial charge in [0.2, 0.25) is 0 Å². The van der Waals surface area contributed by atoms with Crippen LogP contribution in [0.3, 0.4) is 0 Å². The molecule has 0 bridgehead atoms. The maximum absolute atomic E-state index is 4.25. The van der Waals surface area contributed by atoms with Gasteiger partial charge in [-0.05, 0) is 110 Å². The minimum absolute atomic E-state index is 0. The molecule has 0 atom stereocenters. The summed E-state index contributed by atoms with van der Waals surface area (Å²) < 4.78 is 0. The summed E-state index contributed by atoms with van der Waals surface area (Å²) in [5, 5.41) is 0. The van der Waals surface area contributed by atoms with Crippen molar-refractivity contribution in [1.29, 1.82) is 0 Å². The predicted molar refractivity (Wildman–Crippen MR) is 157 cm³/mol. The molecule has 0 aromatic carbocycles. The van der Waals surface area contributed by atoms with Crippen molar-refractivity contribution in [2.24, 2.45) is 0 Å². The second kappa shape index (κ2) is 15.7. The van der Waals surface area contributed by atoms with Gasteiger partial charge in [0.25, 0.3) is 0 Å². The molecule has 0 aliphatic rings. The van der Waals surface area contributed by atoms with E-state index in [0.29, 0.717) is 0 Å². The summed E-state index contributed by atoms with van der Waals surface area (Å²) in [7, 11) is 0. The number of aromatic nitrogens is 6. The molecule has 6 aromatic rings. The van der Waals surface area contributed by atoms with Crippen LogP contribution < -0.4 is 0 Å². The van der Waals surface area contributed by atoms with Crippen molar-refractivity contribution < 1.29 is 17.1 Å². The van der Waals surface area contributed by atoms with E-state index in [4.69, 9.17) is 0 Å². The SMILES string of the molecule is Cc1ccnc(-c2ccccn2)c1.Cc1ccnc(-c2ccccn2)c1.Cc1ccnc(-c2ccccn2)c1.[Fe]. The zero-order valence-corrected chi connectivity index (χ0v) is 23.8. The molecule has 0 unspecified atom stereocenters. The summed E-state index contributed by atoms with van der Waals surface area (Å²) in [6.45, 7) is 6.15. The Balaban J connectivity index is 0.000000163. The van der Waals surface area contributed by atoms with E-state index >= 15 is 0 Å². The fraction of sp³-hybridized carbons (Fsp3) is 0.0909. The van der Waals surface area contributed by atoms with Gasteiger partial charge in [0, 0.05) is 54.2 Å². The Labute approximate surface area is 246 Å². The molecule has 0 amide bonds. The van der Waals surface area contributed by atoms with E-state index in [1.807, 2.05) is 112 Å². The third kappa shape index (κ3) is 9.31. The first-order valence-electron chi connectivity index (χ1n) is 12.6. The maximum Gasteiger partial charge on any atom is 0.0888 e. The average Bonchev–Trinajstić information content (AvgIpc) is 2.99. The van der Waals surface area contributed by atoms with Crippen LogP contribution in [0.1, 0.15) is 16.7 Å². The molecule has 0 radical (unpaired) electrons. The molecule has 0 aliphatic heterocycles. The van der Waals surface area contributed by atoms with Crippen LogP contribution in [0.4, 0.5) is 0 Å². The monoisotopic (exact) mass is 566 g/mol. The molecule has 0 saturated heterocycles. The molecule has 0 fully saturated rings. The molecule has 0 N–H and O–H groups in total. The van der Waals surface area contributed by atoms with Gasteiger partial charge in [-0.15, -0.1) is 0 Å². The molecule has 6 aromatic heterocycles. The summed E-state index contributed by atoms with van der Waals surface area (Å²) in [4.78, 5) is 25.4. The maximum atomic E-state index is 4.25. The molecule has 7 heteroatoms. The van der Waals surface area contributed by atoms with Crippen LogP contribution in [0.15, 0.2) is 128 Å². The molecular formula is C33H30FeN6. The van der Waals surface area contributed by atoms with Crippen LogP contribution in [0.25, 0.3) is 34.2 Å². The molecule has 6 nitrogen and oxygen atoms in total. The first-order valence-corrected chi connectivity index (χ1v) is 12.6. The van der Waals surface area contributed by atoms with Gasteiger partial charge in [-0.25, -0.2) is 0 Å². The van der Waals surface area contributed by atoms with Gasteiger partial charge in [0.15, 0.2) is 0 Å². The Morgan fingerprint density at radius 1 is 0.325 bits per heavy atom. The van der Waals surface area contributed by atoms with Crippen LogP contribution in [-0.2, 0) is 17.1 Å². The smallest absolute Gasteiger partial charge is 0.0888 e. The van der Waals surface area contributed by atoms with E-state index in [-0.39, 0.29) is 17.1 Å². The number of rotatable bonds is 3. The summed E-state index contributed by atoms with van der Waals surface area (Å²) in [5.41, 5.74) is 9.17. The van der Waals surface area contributed by atoms with Crippen molar-refractivity contribution in [2.45, 2.75) is 20.8 Å². The predicted octanol–water partition coefficient (Wildman–Crippen LogP) is 7.35. The number of hydrogen-bond acceptors (Lipinski definition) is 6. The van der Waals surface area contributed by atoms with Gasteiger partial charge in [0.05, 0.1) is 34.2 Å². The van der Waals surface area contributed by atoms with Gasteiger partial charge >= 0.3 is 0 Å². The minimum atomic E-state index is 0. The average molecular weight is 566 g/mol. The zero-order chi connectivity index (χ0) is 27.3. The van der Waals surface area contributed by atoms with Crippen molar-refractivity contribution in [3.8, 4) is 34.2 Å². The first-order chi connectivity index (χ1) is 19.1. The van der Waals surface area contributed by atoms with Gasteiger partial charge in [-0.3, -0.25) is 29.9 Å². The fourth-order valence-corrected chi connectivity index (χ4v) is 3.57. The zero-order valence-electron chi connectivity index (χ0n) is 22.7. The fourth-order valence-electron chi connectivity index (χ4n) is 3.57. The molecule has 0 aliphatic carbocycles. The molecule has 40 heavy (non-hydrogen) atoms. The van der Waals surface area contributed by atoms with E-state index in [2.05, 4.69) is 29.9 Å². The van der Waals surface area contributed by atoms with Gasteiger partial charge < -0.3 is 0 Å². The quantitative estimate of drug-likeness (QED) is 0.209. The van der Waals surface area contributed by atoms with Gasteiger partial charge in [-0.1, -0.05) is 18.2 Å². The largest absolute Gasteiger partial charge is 0.255 e. The molecule has 6 heterocycles. The van der Waals surface area contributed by atoms with Crippen molar-refractivity contribution >= 4 is 0 Å². The Bertz CT molecular complexity index is 1390. The molecular weight excluding hydrogens is 536 g/mol. The van der Waals surface area contributed by atoms with Crippen LogP contribution in [-0.4, -0.2) is 29.9 Å². The van der Waals surface area contributed by atoms with Crippen LogP contribution in [0, 0.1) is 20.8 Å². The summed E-state index contributed by atoms with van der Waals surface area (Å²) in [6, 6.07) is 29.5. The van der Waals surface area contributed by atoms with Crippen LogP contribution in [0.5, 0.6) is 0 Å². The van der Waals surface area contributed by atoms with Crippen LogP contribution >= 0.6 is 0 Å². The molecule has 0 saturated carbocycles. The number of hydrogen-bond donors (Lipinski definition) is 0. The van der Waals surface area contributed by atoms with Crippen molar-refractivity contribution in [3.63, 3.8) is 0 Å². The molecule has 200 valence electrons. The molecule has 0 spiro atoms. The van der Waals surface area contributed by atoms with E-state index in [1.165, 1.54) is 16.7 Å². The third-order valence-electron chi connectivity index (χ3n) is 5.53. The Morgan fingerprint density at radius 3 is 0.825 bits per heavy atom. The summed E-state index contributed by atoms with van der Waals surface area (Å²) in [6.07, 6.45) is 10.7. The topological polar surface area (TPSA) is 77.3 Å². The Morgan fingerprint density at radius 2 is 0.600 bits per heavy atom. The van der Waals surface area contributed by atoms with Gasteiger partial charge in [0.1, 0.15) is 0 Å². The van der Waals surface area contributed by atoms with E-state index in [0.717, 1.165) is 34.2 Å². The Kier molecular flexibility index (Phi) is 11.8. The standard InChI is InChI=1S/3C11H10N2.Fe/c3*1-9-5-7-13-11(8-9)10-4-2-3-6-12-10;/h3*2-8H,1H3;. The van der Waals surface area contributed by atoms with Crippen molar-refractivity contribution in [1.82, 2.24) is 29.9 Å². The van der Waals surface area contributed by atoms with E-state index < -0.39 is 0 Å². The van der Waals surface area contributed by atoms with E-state index in [1.54, 1.807) is 37.2 Å². The minimum Gasteiger partial charge on any atom is -0.255 e. The van der Waals surface area contributed by atoms with Crippen LogP contribution in [0.2, 0.25) is 0 Å².